The first-order valence-electron chi connectivity index (χ1n) is 6.72. The molecule has 1 atom stereocenters. The van der Waals surface area contributed by atoms with Crippen LogP contribution in [0.1, 0.15) is 24.6 Å². The zero-order chi connectivity index (χ0) is 17.4. The number of alkyl halides is 3. The first kappa shape index (κ1) is 17.1. The van der Waals surface area contributed by atoms with Crippen molar-refractivity contribution in [3.63, 3.8) is 0 Å². The number of nitrogens with one attached hydrogen (secondary N) is 1. The van der Waals surface area contributed by atoms with Crippen LogP contribution in [0.15, 0.2) is 24.3 Å². The molecular formula is C15H15F4N3O. The van der Waals surface area contributed by atoms with Crippen LogP contribution in [0.5, 0.6) is 0 Å². The molecule has 0 radical (unpaired) electrons. The van der Waals surface area contributed by atoms with Crippen LogP contribution >= 0.6 is 0 Å². The predicted molar refractivity (Wildman–Crippen MR) is 75.9 cm³/mol. The normalized spacial score (nSPS) is 14.6. The van der Waals surface area contributed by atoms with E-state index in [9.17, 15) is 22.4 Å². The van der Waals surface area contributed by atoms with Crippen LogP contribution in [0.2, 0.25) is 0 Å². The average molecular weight is 329 g/mol. The van der Waals surface area contributed by atoms with Crippen molar-refractivity contribution in [2.24, 2.45) is 5.73 Å². The number of aromatic nitrogens is 2. The number of nitrogens with zero attached hydrogens (tertiary/aromatic N) is 1. The maximum absolute atomic E-state index is 13.6. The molecule has 8 heteroatoms. The van der Waals surface area contributed by atoms with Crippen molar-refractivity contribution >= 4 is 5.78 Å². The van der Waals surface area contributed by atoms with Gasteiger partial charge in [0.2, 0.25) is 0 Å². The number of carbonyl (C=O) groups excluding carboxylic acids is 1. The van der Waals surface area contributed by atoms with Gasteiger partial charge in [-0.3, -0.25) is 9.89 Å². The number of Topliss-reactive ketones (excluding diaryl/α,β-unsaturated/α-hetero) is 1. The number of rotatable bonds is 4. The van der Waals surface area contributed by atoms with Gasteiger partial charge in [0.25, 0.3) is 0 Å². The van der Waals surface area contributed by atoms with Crippen LogP contribution in [0.25, 0.3) is 11.3 Å². The van der Waals surface area contributed by atoms with Gasteiger partial charge in [-0.05, 0) is 38.1 Å². The highest BCUT2D eigenvalue weighted by molar-refractivity contribution is 5.78. The van der Waals surface area contributed by atoms with Gasteiger partial charge < -0.3 is 5.73 Å². The number of aryl methyl sites for hydroxylation is 1. The number of hydrogen-bond acceptors (Lipinski definition) is 3. The molecule has 0 aliphatic heterocycles. The van der Waals surface area contributed by atoms with Crippen LogP contribution in [0, 0.1) is 12.7 Å². The molecule has 0 saturated carbocycles. The lowest BCUT2D eigenvalue weighted by molar-refractivity contribution is -0.192. The quantitative estimate of drug-likeness (QED) is 0.846. The fraction of sp³-hybridized carbons (Fsp3) is 0.333. The summed E-state index contributed by atoms with van der Waals surface area (Å²) in [5.41, 5.74) is 2.76. The summed E-state index contributed by atoms with van der Waals surface area (Å²) in [6.07, 6.45) is -5.77. The van der Waals surface area contributed by atoms with E-state index in [-0.39, 0.29) is 22.5 Å². The SMILES string of the molecule is CC(=O)CC(N)(c1c(-c2ccc(F)cc2)n[nH]c1C)C(F)(F)F. The van der Waals surface area contributed by atoms with Gasteiger partial charge in [0.1, 0.15) is 17.1 Å². The predicted octanol–water partition coefficient (Wildman–Crippen LogP) is 3.22. The van der Waals surface area contributed by atoms with Crippen LogP contribution < -0.4 is 5.73 Å². The van der Waals surface area contributed by atoms with Gasteiger partial charge in [-0.2, -0.15) is 18.3 Å². The summed E-state index contributed by atoms with van der Waals surface area (Å²) in [7, 11) is 0. The topological polar surface area (TPSA) is 71.8 Å². The monoisotopic (exact) mass is 329 g/mol. The maximum atomic E-state index is 13.6. The molecule has 23 heavy (non-hydrogen) atoms. The molecule has 2 rings (SSSR count). The standard InChI is InChI=1S/C15H15F4N3O/c1-8(23)7-14(20,15(17,18)19)12-9(2)21-22-13(12)10-3-5-11(16)6-4-10/h3-6H,7,20H2,1-2H3,(H,21,22). The summed E-state index contributed by atoms with van der Waals surface area (Å²) < 4.78 is 53.8. The molecule has 1 aromatic heterocycles. The molecule has 0 bridgehead atoms. The molecule has 4 nitrogen and oxygen atoms in total. The number of nitrogens with two attached hydrogens (primary N) is 1. The Bertz CT molecular complexity index is 721. The molecule has 124 valence electrons. The van der Waals surface area contributed by atoms with Gasteiger partial charge in [0.05, 0.1) is 5.69 Å². The van der Waals surface area contributed by atoms with Gasteiger partial charge >= 0.3 is 6.18 Å². The molecule has 1 aromatic carbocycles. The van der Waals surface area contributed by atoms with Crippen molar-refractivity contribution in [1.82, 2.24) is 10.2 Å². The van der Waals surface area contributed by atoms with Crippen molar-refractivity contribution in [2.45, 2.75) is 32.0 Å². The first-order chi connectivity index (χ1) is 10.6. The molecule has 1 heterocycles. The lowest BCUT2D eigenvalue weighted by atomic mass is 9.82. The van der Waals surface area contributed by atoms with E-state index >= 15 is 0 Å². The molecule has 3 N–H and O–H groups in total. The van der Waals surface area contributed by atoms with Crippen molar-refractivity contribution in [3.05, 3.63) is 41.3 Å². The van der Waals surface area contributed by atoms with Gasteiger partial charge in [-0.15, -0.1) is 0 Å². The van der Waals surface area contributed by atoms with Gasteiger partial charge in [0, 0.05) is 23.2 Å². The van der Waals surface area contributed by atoms with Crippen LogP contribution in [0.4, 0.5) is 17.6 Å². The lowest BCUT2D eigenvalue weighted by Crippen LogP contribution is -2.52. The number of benzene rings is 1. The molecule has 0 saturated heterocycles. The second-order valence-corrected chi connectivity index (χ2v) is 5.43. The van der Waals surface area contributed by atoms with E-state index in [1.54, 1.807) is 0 Å². The number of hydrogen-bond donors (Lipinski definition) is 2. The smallest absolute Gasteiger partial charge is 0.313 e. The second-order valence-electron chi connectivity index (χ2n) is 5.43. The van der Waals surface area contributed by atoms with Gasteiger partial charge in [-0.1, -0.05) is 0 Å². The van der Waals surface area contributed by atoms with E-state index in [1.165, 1.54) is 19.1 Å². The summed E-state index contributed by atoms with van der Waals surface area (Å²) in [5.74, 6) is -1.23. The largest absolute Gasteiger partial charge is 0.411 e. The summed E-state index contributed by atoms with van der Waals surface area (Å²) in [6.45, 7) is 2.43. The Labute approximate surface area is 129 Å². The van der Waals surface area contributed by atoms with Crippen molar-refractivity contribution < 1.29 is 22.4 Å². The maximum Gasteiger partial charge on any atom is 0.411 e. The first-order valence-corrected chi connectivity index (χ1v) is 6.72. The Morgan fingerprint density at radius 2 is 1.83 bits per heavy atom. The summed E-state index contributed by atoms with van der Waals surface area (Å²) in [4.78, 5) is 11.3. The molecular weight excluding hydrogens is 314 g/mol. The highest BCUT2D eigenvalue weighted by Crippen LogP contribution is 2.44. The Morgan fingerprint density at radius 3 is 2.30 bits per heavy atom. The van der Waals surface area contributed by atoms with E-state index in [1.807, 2.05) is 0 Å². The fourth-order valence-corrected chi connectivity index (χ4v) is 2.51. The zero-order valence-corrected chi connectivity index (χ0v) is 12.5. The van der Waals surface area contributed by atoms with Crippen LogP contribution in [-0.4, -0.2) is 22.2 Å². The average Bonchev–Trinajstić information content (AvgIpc) is 2.80. The molecule has 0 amide bonds. The Hall–Kier alpha value is -2.22. The van der Waals surface area contributed by atoms with E-state index in [4.69, 9.17) is 5.73 Å². The minimum Gasteiger partial charge on any atom is -0.313 e. The van der Waals surface area contributed by atoms with E-state index < -0.39 is 29.7 Å². The zero-order valence-electron chi connectivity index (χ0n) is 12.5. The highest BCUT2D eigenvalue weighted by Gasteiger charge is 2.56. The number of ketones is 1. The Morgan fingerprint density at radius 1 is 1.26 bits per heavy atom. The number of aromatic amines is 1. The molecule has 0 aliphatic rings. The fourth-order valence-electron chi connectivity index (χ4n) is 2.51. The molecule has 0 fully saturated rings. The number of H-pyrrole nitrogens is 1. The minimum absolute atomic E-state index is 0.0522. The lowest BCUT2D eigenvalue weighted by Gasteiger charge is -2.32. The van der Waals surface area contributed by atoms with Crippen molar-refractivity contribution in [1.29, 1.82) is 0 Å². The summed E-state index contributed by atoms with van der Waals surface area (Å²) in [5, 5.41) is 6.33. The highest BCUT2D eigenvalue weighted by atomic mass is 19.4. The van der Waals surface area contributed by atoms with Crippen LogP contribution in [0.3, 0.4) is 0 Å². The second kappa shape index (κ2) is 5.77. The Kier molecular flexibility index (Phi) is 4.30. The molecule has 0 aliphatic carbocycles. The molecule has 0 spiro atoms. The molecule has 2 aromatic rings. The third-order valence-corrected chi connectivity index (χ3v) is 3.54. The van der Waals surface area contributed by atoms with Gasteiger partial charge in [-0.25, -0.2) is 4.39 Å². The van der Waals surface area contributed by atoms with Crippen molar-refractivity contribution in [2.75, 3.05) is 0 Å². The third kappa shape index (κ3) is 3.12. The Balaban J connectivity index is 2.67. The summed E-state index contributed by atoms with van der Waals surface area (Å²) in [6, 6.07) is 4.83. The van der Waals surface area contributed by atoms with Crippen LogP contribution in [-0.2, 0) is 10.3 Å². The van der Waals surface area contributed by atoms with E-state index in [0.717, 1.165) is 19.1 Å². The summed E-state index contributed by atoms with van der Waals surface area (Å²) >= 11 is 0. The van der Waals surface area contributed by atoms with E-state index in [0.29, 0.717) is 0 Å². The minimum atomic E-state index is -4.86. The number of halogens is 4. The number of carbonyl (C=O) groups is 1. The van der Waals surface area contributed by atoms with Crippen molar-refractivity contribution in [3.8, 4) is 11.3 Å². The molecule has 1 unspecified atom stereocenters. The van der Waals surface area contributed by atoms with Gasteiger partial charge in [0.15, 0.2) is 0 Å². The van der Waals surface area contributed by atoms with E-state index in [2.05, 4.69) is 10.2 Å². The third-order valence-electron chi connectivity index (χ3n) is 3.54.